The van der Waals surface area contributed by atoms with E-state index in [2.05, 4.69) is 0 Å². The van der Waals surface area contributed by atoms with Crippen LogP contribution in [0.5, 0.6) is 0 Å². The van der Waals surface area contributed by atoms with Crippen LogP contribution in [0.1, 0.15) is 0 Å². The summed E-state index contributed by atoms with van der Waals surface area (Å²) in [6.07, 6.45) is -6.48. The van der Waals surface area contributed by atoms with Crippen LogP contribution in [-0.4, -0.2) is 57.7 Å². The molecule has 0 radical (unpaired) electrons. The molecule has 1 aliphatic rings. The number of ether oxygens (including phenoxy) is 1. The zero-order valence-electron chi connectivity index (χ0n) is 6.37. The summed E-state index contributed by atoms with van der Waals surface area (Å²) < 4.78 is 4.70. The molecule has 0 amide bonds. The van der Waals surface area contributed by atoms with Gasteiger partial charge in [0.15, 0.2) is 6.29 Å². The first kappa shape index (κ1) is 9.85. The van der Waals surface area contributed by atoms with E-state index in [9.17, 15) is 5.11 Å². The summed E-state index contributed by atoms with van der Waals surface area (Å²) in [6.45, 7) is -0.0258. The fourth-order valence-electron chi connectivity index (χ4n) is 1.13. The van der Waals surface area contributed by atoms with Crippen LogP contribution in [-0.2, 0) is 4.74 Å². The maximum absolute atomic E-state index is 9.20. The van der Waals surface area contributed by atoms with Crippen LogP contribution in [0.25, 0.3) is 0 Å². The standard InChI is InChI=1S/C6H13NO5/c7-1-2-3(8)4(9)5(10)6(11)12-2/h2-6,8-11H,1,7H2/t2?,3-,4?,5+,6?/m1/s1. The van der Waals surface area contributed by atoms with E-state index in [-0.39, 0.29) is 6.54 Å². The molecule has 0 bridgehead atoms. The SMILES string of the molecule is NCC1OC(O)[C@@H](O)C(O)[C@@H]1O. The van der Waals surface area contributed by atoms with Crippen molar-refractivity contribution in [1.29, 1.82) is 0 Å². The molecule has 1 aliphatic heterocycles. The predicted molar refractivity (Wildman–Crippen MR) is 38.0 cm³/mol. The molecule has 1 rings (SSSR count). The minimum absolute atomic E-state index is 0.0258. The van der Waals surface area contributed by atoms with Gasteiger partial charge < -0.3 is 30.9 Å². The Morgan fingerprint density at radius 3 is 2.08 bits per heavy atom. The van der Waals surface area contributed by atoms with Gasteiger partial charge in [0.1, 0.15) is 24.4 Å². The highest BCUT2D eigenvalue weighted by Crippen LogP contribution is 2.18. The van der Waals surface area contributed by atoms with Crippen molar-refractivity contribution in [3.05, 3.63) is 0 Å². The molecular weight excluding hydrogens is 166 g/mol. The van der Waals surface area contributed by atoms with Crippen LogP contribution in [0.3, 0.4) is 0 Å². The quantitative estimate of drug-likeness (QED) is 0.288. The summed E-state index contributed by atoms with van der Waals surface area (Å²) in [7, 11) is 0. The van der Waals surface area contributed by atoms with E-state index in [1.807, 2.05) is 0 Å². The van der Waals surface area contributed by atoms with Crippen molar-refractivity contribution in [3.63, 3.8) is 0 Å². The molecule has 12 heavy (non-hydrogen) atoms. The molecule has 0 aromatic heterocycles. The van der Waals surface area contributed by atoms with Crippen molar-refractivity contribution in [2.24, 2.45) is 5.73 Å². The van der Waals surface area contributed by atoms with Gasteiger partial charge >= 0.3 is 0 Å². The first-order valence-electron chi connectivity index (χ1n) is 3.65. The smallest absolute Gasteiger partial charge is 0.184 e. The van der Waals surface area contributed by atoms with E-state index in [4.69, 9.17) is 25.8 Å². The Kier molecular flexibility index (Phi) is 2.99. The Morgan fingerprint density at radius 1 is 1.00 bits per heavy atom. The molecule has 6 N–H and O–H groups in total. The van der Waals surface area contributed by atoms with E-state index >= 15 is 0 Å². The third kappa shape index (κ3) is 1.58. The van der Waals surface area contributed by atoms with Crippen LogP contribution in [0.4, 0.5) is 0 Å². The molecule has 6 heteroatoms. The molecular formula is C6H13NO5. The minimum Gasteiger partial charge on any atom is -0.388 e. The van der Waals surface area contributed by atoms with Crippen molar-refractivity contribution in [2.75, 3.05) is 6.54 Å². The van der Waals surface area contributed by atoms with Crippen LogP contribution in [0, 0.1) is 0 Å². The maximum atomic E-state index is 9.20. The molecule has 1 fully saturated rings. The highest BCUT2D eigenvalue weighted by molar-refractivity contribution is 4.88. The number of nitrogens with two attached hydrogens (primary N) is 1. The van der Waals surface area contributed by atoms with E-state index < -0.39 is 30.7 Å². The van der Waals surface area contributed by atoms with Crippen molar-refractivity contribution in [2.45, 2.75) is 30.7 Å². The molecule has 0 saturated carbocycles. The first-order chi connectivity index (χ1) is 5.57. The highest BCUT2D eigenvalue weighted by Gasteiger charge is 2.42. The largest absolute Gasteiger partial charge is 0.388 e. The monoisotopic (exact) mass is 179 g/mol. The van der Waals surface area contributed by atoms with Gasteiger partial charge in [-0.1, -0.05) is 0 Å². The number of aliphatic hydroxyl groups is 4. The van der Waals surface area contributed by atoms with Gasteiger partial charge in [-0.3, -0.25) is 0 Å². The predicted octanol–water partition coefficient (Wildman–Crippen LogP) is -3.25. The van der Waals surface area contributed by atoms with E-state index in [0.29, 0.717) is 0 Å². The minimum atomic E-state index is -1.49. The molecule has 1 heterocycles. The van der Waals surface area contributed by atoms with Gasteiger partial charge in [-0.2, -0.15) is 0 Å². The van der Waals surface area contributed by atoms with Gasteiger partial charge in [0.2, 0.25) is 0 Å². The van der Waals surface area contributed by atoms with E-state index in [1.54, 1.807) is 0 Å². The zero-order valence-corrected chi connectivity index (χ0v) is 6.37. The third-order valence-electron chi connectivity index (χ3n) is 1.92. The van der Waals surface area contributed by atoms with Crippen molar-refractivity contribution >= 4 is 0 Å². The molecule has 0 aromatic rings. The van der Waals surface area contributed by atoms with Crippen LogP contribution in [0.2, 0.25) is 0 Å². The van der Waals surface area contributed by atoms with Crippen LogP contribution < -0.4 is 5.73 Å². The Bertz CT molecular complexity index is 150. The molecule has 0 aliphatic carbocycles. The van der Waals surface area contributed by atoms with Gasteiger partial charge in [0.25, 0.3) is 0 Å². The highest BCUT2D eigenvalue weighted by atomic mass is 16.6. The van der Waals surface area contributed by atoms with Crippen molar-refractivity contribution in [1.82, 2.24) is 0 Å². The Morgan fingerprint density at radius 2 is 1.58 bits per heavy atom. The number of aliphatic hydroxyl groups excluding tert-OH is 4. The van der Waals surface area contributed by atoms with Gasteiger partial charge in [0, 0.05) is 6.54 Å². The normalized spacial score (nSPS) is 49.2. The second-order valence-electron chi connectivity index (χ2n) is 2.77. The second kappa shape index (κ2) is 3.65. The maximum Gasteiger partial charge on any atom is 0.184 e. The third-order valence-corrected chi connectivity index (χ3v) is 1.92. The molecule has 5 atom stereocenters. The Hall–Kier alpha value is -0.240. The molecule has 0 spiro atoms. The summed E-state index contributed by atoms with van der Waals surface area (Å²) in [5.41, 5.74) is 5.17. The van der Waals surface area contributed by atoms with Gasteiger partial charge in [-0.15, -0.1) is 0 Å². The zero-order chi connectivity index (χ0) is 9.30. The lowest BCUT2D eigenvalue weighted by Crippen LogP contribution is -2.59. The second-order valence-corrected chi connectivity index (χ2v) is 2.77. The number of hydrogen-bond acceptors (Lipinski definition) is 6. The average Bonchev–Trinajstić information content (AvgIpc) is 2.08. The van der Waals surface area contributed by atoms with Crippen LogP contribution >= 0.6 is 0 Å². The van der Waals surface area contributed by atoms with Gasteiger partial charge in [-0.25, -0.2) is 0 Å². The molecule has 3 unspecified atom stereocenters. The lowest BCUT2D eigenvalue weighted by Gasteiger charge is -2.37. The van der Waals surface area contributed by atoms with Crippen LogP contribution in [0.15, 0.2) is 0 Å². The molecule has 6 nitrogen and oxygen atoms in total. The van der Waals surface area contributed by atoms with Crippen molar-refractivity contribution < 1.29 is 25.2 Å². The Balaban J connectivity index is 2.63. The lowest BCUT2D eigenvalue weighted by atomic mass is 9.99. The molecule has 72 valence electrons. The number of rotatable bonds is 1. The van der Waals surface area contributed by atoms with Gasteiger partial charge in [0.05, 0.1) is 0 Å². The number of hydrogen-bond donors (Lipinski definition) is 5. The summed E-state index contributed by atoms with van der Waals surface area (Å²) in [6, 6.07) is 0. The van der Waals surface area contributed by atoms with E-state index in [1.165, 1.54) is 0 Å². The summed E-state index contributed by atoms with van der Waals surface area (Å²) in [4.78, 5) is 0. The average molecular weight is 179 g/mol. The summed E-state index contributed by atoms with van der Waals surface area (Å²) >= 11 is 0. The fraction of sp³-hybridized carbons (Fsp3) is 1.00. The molecule has 0 aromatic carbocycles. The van der Waals surface area contributed by atoms with Crippen molar-refractivity contribution in [3.8, 4) is 0 Å². The molecule has 1 saturated heterocycles. The summed E-state index contributed by atoms with van der Waals surface area (Å²) in [5, 5.41) is 36.3. The lowest BCUT2D eigenvalue weighted by molar-refractivity contribution is -0.279. The summed E-state index contributed by atoms with van der Waals surface area (Å²) in [5.74, 6) is 0. The van der Waals surface area contributed by atoms with Gasteiger partial charge in [-0.05, 0) is 0 Å². The first-order valence-corrected chi connectivity index (χ1v) is 3.65. The Labute approximate surface area is 69.2 Å². The fourth-order valence-corrected chi connectivity index (χ4v) is 1.13. The van der Waals surface area contributed by atoms with E-state index in [0.717, 1.165) is 0 Å². The topological polar surface area (TPSA) is 116 Å².